The molecule has 6 nitrogen and oxygen atoms in total. The van der Waals surface area contributed by atoms with Crippen molar-refractivity contribution in [2.45, 2.75) is 43.5 Å². The molecule has 146 valence electrons. The standard InChI is InChI=1S/C18H27N3O3S.ClH/c1-14-4-6-17(7-5-14)25(23,24)21-11-8-15(9-12-21)18(22)20-16-3-2-10-19-13-16;/h4-7,15-16,19H,2-3,8-13H2,1H3,(H,20,22);1H/t16-;/m0./s1. The molecule has 1 atom stereocenters. The summed E-state index contributed by atoms with van der Waals surface area (Å²) in [6.45, 7) is 4.57. The van der Waals surface area contributed by atoms with E-state index >= 15 is 0 Å². The lowest BCUT2D eigenvalue weighted by molar-refractivity contribution is -0.126. The Labute approximate surface area is 162 Å². The molecule has 2 N–H and O–H groups in total. The molecule has 26 heavy (non-hydrogen) atoms. The number of carbonyl (C=O) groups is 1. The lowest BCUT2D eigenvalue weighted by atomic mass is 9.96. The van der Waals surface area contributed by atoms with Crippen LogP contribution in [0.3, 0.4) is 0 Å². The maximum absolute atomic E-state index is 12.7. The Morgan fingerprint density at radius 2 is 1.81 bits per heavy atom. The molecule has 2 aliphatic heterocycles. The largest absolute Gasteiger partial charge is 0.352 e. The normalized spacial score (nSPS) is 22.4. The number of hydrogen-bond acceptors (Lipinski definition) is 4. The van der Waals surface area contributed by atoms with Gasteiger partial charge in [0.15, 0.2) is 0 Å². The Morgan fingerprint density at radius 3 is 2.38 bits per heavy atom. The summed E-state index contributed by atoms with van der Waals surface area (Å²) in [6.07, 6.45) is 3.26. The second kappa shape index (κ2) is 9.17. The third-order valence-corrected chi connectivity index (χ3v) is 7.04. The number of hydrogen-bond donors (Lipinski definition) is 2. The van der Waals surface area contributed by atoms with Crippen LogP contribution in [-0.4, -0.2) is 50.9 Å². The number of piperidine rings is 2. The van der Waals surface area contributed by atoms with Crippen LogP contribution in [0.1, 0.15) is 31.2 Å². The predicted molar refractivity (Wildman–Crippen MR) is 104 cm³/mol. The number of aryl methyl sites for hydroxylation is 1. The second-order valence-corrected chi connectivity index (χ2v) is 8.98. The van der Waals surface area contributed by atoms with Crippen molar-refractivity contribution in [3.8, 4) is 0 Å². The maximum atomic E-state index is 12.7. The highest BCUT2D eigenvalue weighted by atomic mass is 35.5. The van der Waals surface area contributed by atoms with Crippen LogP contribution in [0.2, 0.25) is 0 Å². The SMILES string of the molecule is Cc1ccc(S(=O)(=O)N2CCC(C(=O)N[C@H]3CCCNC3)CC2)cc1.Cl. The molecule has 0 unspecified atom stereocenters. The highest BCUT2D eigenvalue weighted by molar-refractivity contribution is 7.89. The van der Waals surface area contributed by atoms with Gasteiger partial charge in [-0.15, -0.1) is 12.4 Å². The summed E-state index contributed by atoms with van der Waals surface area (Å²) in [5, 5.41) is 6.40. The summed E-state index contributed by atoms with van der Waals surface area (Å²) in [5.74, 6) is -0.0209. The maximum Gasteiger partial charge on any atom is 0.243 e. The summed E-state index contributed by atoms with van der Waals surface area (Å²) in [5.41, 5.74) is 1.03. The number of rotatable bonds is 4. The van der Waals surface area contributed by atoms with E-state index in [-0.39, 0.29) is 30.3 Å². The predicted octanol–water partition coefficient (Wildman–Crippen LogP) is 1.69. The van der Waals surface area contributed by atoms with Crippen molar-refractivity contribution in [2.75, 3.05) is 26.2 Å². The Bertz CT molecular complexity index is 695. The van der Waals surface area contributed by atoms with E-state index in [2.05, 4.69) is 10.6 Å². The molecule has 1 aromatic carbocycles. The van der Waals surface area contributed by atoms with E-state index in [0.717, 1.165) is 31.5 Å². The lowest BCUT2D eigenvalue weighted by Gasteiger charge is -2.32. The third kappa shape index (κ3) is 4.97. The van der Waals surface area contributed by atoms with Crippen LogP contribution in [0.4, 0.5) is 0 Å². The quantitative estimate of drug-likeness (QED) is 0.804. The zero-order chi connectivity index (χ0) is 17.9. The van der Waals surface area contributed by atoms with Crippen molar-refractivity contribution in [3.63, 3.8) is 0 Å². The van der Waals surface area contributed by atoms with Crippen LogP contribution in [0.15, 0.2) is 29.2 Å². The molecule has 0 spiro atoms. The van der Waals surface area contributed by atoms with E-state index in [1.807, 2.05) is 19.1 Å². The summed E-state index contributed by atoms with van der Waals surface area (Å²) < 4.78 is 26.9. The Morgan fingerprint density at radius 1 is 1.15 bits per heavy atom. The van der Waals surface area contributed by atoms with Gasteiger partial charge >= 0.3 is 0 Å². The molecule has 2 fully saturated rings. The first kappa shape index (κ1) is 21.2. The van der Waals surface area contributed by atoms with Gasteiger partial charge in [-0.3, -0.25) is 4.79 Å². The first-order valence-electron chi connectivity index (χ1n) is 9.05. The van der Waals surface area contributed by atoms with Gasteiger partial charge in [0.25, 0.3) is 0 Å². The monoisotopic (exact) mass is 401 g/mol. The van der Waals surface area contributed by atoms with Crippen molar-refractivity contribution in [3.05, 3.63) is 29.8 Å². The van der Waals surface area contributed by atoms with E-state index in [9.17, 15) is 13.2 Å². The average molecular weight is 402 g/mol. The zero-order valence-electron chi connectivity index (χ0n) is 15.1. The van der Waals surface area contributed by atoms with Crippen molar-refractivity contribution in [1.82, 2.24) is 14.9 Å². The fourth-order valence-corrected chi connectivity index (χ4v) is 4.98. The van der Waals surface area contributed by atoms with Crippen molar-refractivity contribution in [2.24, 2.45) is 5.92 Å². The number of halogens is 1. The van der Waals surface area contributed by atoms with E-state index in [0.29, 0.717) is 30.8 Å². The van der Waals surface area contributed by atoms with Gasteiger partial charge < -0.3 is 10.6 Å². The van der Waals surface area contributed by atoms with Crippen LogP contribution < -0.4 is 10.6 Å². The highest BCUT2D eigenvalue weighted by Gasteiger charge is 2.32. The molecule has 2 saturated heterocycles. The fraction of sp³-hybridized carbons (Fsp3) is 0.611. The molecule has 1 amide bonds. The van der Waals surface area contributed by atoms with Gasteiger partial charge in [0.2, 0.25) is 15.9 Å². The molecule has 0 saturated carbocycles. The van der Waals surface area contributed by atoms with Crippen molar-refractivity contribution in [1.29, 1.82) is 0 Å². The van der Waals surface area contributed by atoms with Gasteiger partial charge in [-0.05, 0) is 51.3 Å². The number of sulfonamides is 1. The molecule has 0 radical (unpaired) electrons. The van der Waals surface area contributed by atoms with Crippen LogP contribution >= 0.6 is 12.4 Å². The van der Waals surface area contributed by atoms with Crippen LogP contribution in [0, 0.1) is 12.8 Å². The minimum Gasteiger partial charge on any atom is -0.352 e. The van der Waals surface area contributed by atoms with Crippen LogP contribution in [0.25, 0.3) is 0 Å². The molecule has 3 rings (SSSR count). The average Bonchev–Trinajstić information content (AvgIpc) is 2.63. The fourth-order valence-electron chi connectivity index (χ4n) is 3.51. The van der Waals surface area contributed by atoms with E-state index in [1.54, 1.807) is 12.1 Å². The lowest BCUT2D eigenvalue weighted by Crippen LogP contribution is -2.49. The van der Waals surface area contributed by atoms with Gasteiger partial charge in [-0.2, -0.15) is 4.31 Å². The number of amides is 1. The topological polar surface area (TPSA) is 78.5 Å². The van der Waals surface area contributed by atoms with Crippen LogP contribution in [0.5, 0.6) is 0 Å². The molecule has 8 heteroatoms. The van der Waals surface area contributed by atoms with Gasteiger partial charge in [0.05, 0.1) is 4.90 Å². The van der Waals surface area contributed by atoms with Gasteiger partial charge in [-0.1, -0.05) is 17.7 Å². The van der Waals surface area contributed by atoms with E-state index < -0.39 is 10.0 Å². The van der Waals surface area contributed by atoms with E-state index in [1.165, 1.54) is 4.31 Å². The van der Waals surface area contributed by atoms with Gasteiger partial charge in [-0.25, -0.2) is 8.42 Å². The molecule has 2 heterocycles. The van der Waals surface area contributed by atoms with Crippen LogP contribution in [-0.2, 0) is 14.8 Å². The zero-order valence-corrected chi connectivity index (χ0v) is 16.7. The minimum absolute atomic E-state index is 0. The summed E-state index contributed by atoms with van der Waals surface area (Å²) in [6, 6.07) is 7.13. The highest BCUT2D eigenvalue weighted by Crippen LogP contribution is 2.24. The molecule has 0 bridgehead atoms. The Balaban J connectivity index is 0.00000243. The Kier molecular flexibility index (Phi) is 7.46. The molecular weight excluding hydrogens is 374 g/mol. The minimum atomic E-state index is -3.46. The smallest absolute Gasteiger partial charge is 0.243 e. The van der Waals surface area contributed by atoms with Gasteiger partial charge in [0, 0.05) is 31.6 Å². The summed E-state index contributed by atoms with van der Waals surface area (Å²) >= 11 is 0. The number of nitrogens with one attached hydrogen (secondary N) is 2. The second-order valence-electron chi connectivity index (χ2n) is 7.04. The number of carbonyl (C=O) groups excluding carboxylic acids is 1. The molecule has 0 aliphatic carbocycles. The first-order valence-corrected chi connectivity index (χ1v) is 10.5. The Hall–Kier alpha value is -1.15. The third-order valence-electron chi connectivity index (χ3n) is 5.13. The van der Waals surface area contributed by atoms with Crippen molar-refractivity contribution < 1.29 is 13.2 Å². The summed E-state index contributed by atoms with van der Waals surface area (Å²) in [7, 11) is -3.46. The molecule has 2 aliphatic rings. The number of nitrogens with zero attached hydrogens (tertiary/aromatic N) is 1. The summed E-state index contributed by atoms with van der Waals surface area (Å²) in [4.78, 5) is 12.8. The van der Waals surface area contributed by atoms with E-state index in [4.69, 9.17) is 0 Å². The van der Waals surface area contributed by atoms with Gasteiger partial charge in [0.1, 0.15) is 0 Å². The van der Waals surface area contributed by atoms with Crippen molar-refractivity contribution >= 4 is 28.3 Å². The molecule has 0 aromatic heterocycles. The number of benzene rings is 1. The molecular formula is C18H28ClN3O3S. The first-order chi connectivity index (χ1) is 12.0. The molecule has 1 aromatic rings.